The second-order valence-electron chi connectivity index (χ2n) is 6.86. The van der Waals surface area contributed by atoms with Crippen molar-refractivity contribution >= 4 is 17.9 Å². The molecule has 1 aliphatic carbocycles. The smallest absolute Gasteiger partial charge is 0.407 e. The van der Waals surface area contributed by atoms with Gasteiger partial charge in [-0.2, -0.15) is 5.11 Å². The van der Waals surface area contributed by atoms with E-state index in [-0.39, 0.29) is 25.6 Å². The van der Waals surface area contributed by atoms with Crippen molar-refractivity contribution in [3.05, 3.63) is 59.7 Å². The molecule has 2 aliphatic rings. The number of alkyl carbamates (subject to hydrolysis) is 1. The summed E-state index contributed by atoms with van der Waals surface area (Å²) in [7, 11) is 0. The topological polar surface area (TPSA) is 113 Å². The van der Waals surface area contributed by atoms with E-state index < -0.39 is 18.1 Å². The standard InChI is InChI=1S/C21H20N4O4/c26-20(27)18(9-10-19-22-12-23-25-19)24-21(28)29-11-17-15-7-3-1-5-13(15)14-6-2-4-8-16(14)17/h1-8,17-18H,9-12H2,(H,24,28)(H,26,27)/t18-/m0/s1. The lowest BCUT2D eigenvalue weighted by Crippen LogP contribution is -2.41. The number of nitrogens with one attached hydrogen (secondary N) is 1. The van der Waals surface area contributed by atoms with Gasteiger partial charge in [0.25, 0.3) is 0 Å². The van der Waals surface area contributed by atoms with Crippen molar-refractivity contribution in [3.8, 4) is 11.1 Å². The summed E-state index contributed by atoms with van der Waals surface area (Å²) >= 11 is 0. The van der Waals surface area contributed by atoms with Crippen molar-refractivity contribution in [1.82, 2.24) is 5.32 Å². The van der Waals surface area contributed by atoms with Gasteiger partial charge in [-0.25, -0.2) is 14.6 Å². The molecule has 0 bridgehead atoms. The van der Waals surface area contributed by atoms with Crippen molar-refractivity contribution in [2.24, 2.45) is 15.2 Å². The van der Waals surface area contributed by atoms with E-state index in [0.29, 0.717) is 12.3 Å². The lowest BCUT2D eigenvalue weighted by atomic mass is 9.98. The number of rotatable bonds is 7. The highest BCUT2D eigenvalue weighted by Crippen LogP contribution is 2.44. The fourth-order valence-electron chi connectivity index (χ4n) is 3.70. The van der Waals surface area contributed by atoms with Gasteiger partial charge in [-0.3, -0.25) is 0 Å². The number of hydrogen-bond donors (Lipinski definition) is 2. The SMILES string of the molecule is O=C(N[C@@H](CCC1=NCN=N1)C(=O)O)OCC1c2ccccc2-c2ccccc21. The number of aliphatic imine (C=N–C) groups is 1. The van der Waals surface area contributed by atoms with Gasteiger partial charge < -0.3 is 15.2 Å². The highest BCUT2D eigenvalue weighted by molar-refractivity contribution is 5.85. The Labute approximate surface area is 167 Å². The molecule has 2 N–H and O–H groups in total. The molecule has 1 aliphatic heterocycles. The largest absolute Gasteiger partial charge is 0.480 e. The summed E-state index contributed by atoms with van der Waals surface area (Å²) in [5.74, 6) is -0.718. The average molecular weight is 392 g/mol. The van der Waals surface area contributed by atoms with Crippen LogP contribution in [0.1, 0.15) is 29.9 Å². The quantitative estimate of drug-likeness (QED) is 0.750. The van der Waals surface area contributed by atoms with Gasteiger partial charge in [-0.05, 0) is 28.7 Å². The number of amides is 1. The van der Waals surface area contributed by atoms with Crippen LogP contribution < -0.4 is 5.32 Å². The molecular weight excluding hydrogens is 372 g/mol. The summed E-state index contributed by atoms with van der Waals surface area (Å²) in [6.07, 6.45) is -0.268. The number of carboxylic acids is 1. The lowest BCUT2D eigenvalue weighted by molar-refractivity contribution is -0.139. The molecule has 8 heteroatoms. The van der Waals surface area contributed by atoms with Crippen LogP contribution >= 0.6 is 0 Å². The molecule has 0 saturated heterocycles. The summed E-state index contributed by atoms with van der Waals surface area (Å²) in [6.45, 7) is 0.403. The number of azo groups is 1. The van der Waals surface area contributed by atoms with Crippen LogP contribution in [0.15, 0.2) is 63.8 Å². The van der Waals surface area contributed by atoms with E-state index >= 15 is 0 Å². The number of ether oxygens (including phenoxy) is 1. The number of nitrogens with zero attached hydrogens (tertiary/aromatic N) is 3. The highest BCUT2D eigenvalue weighted by atomic mass is 16.5. The normalized spacial score (nSPS) is 15.4. The summed E-state index contributed by atoms with van der Waals surface area (Å²) in [5.41, 5.74) is 4.46. The minimum atomic E-state index is -1.13. The summed E-state index contributed by atoms with van der Waals surface area (Å²) in [5, 5.41) is 19.3. The van der Waals surface area contributed by atoms with Gasteiger partial charge in [0, 0.05) is 12.3 Å². The molecule has 29 heavy (non-hydrogen) atoms. The second-order valence-corrected chi connectivity index (χ2v) is 6.86. The van der Waals surface area contributed by atoms with E-state index in [4.69, 9.17) is 4.74 Å². The minimum absolute atomic E-state index is 0.0790. The van der Waals surface area contributed by atoms with Crippen molar-refractivity contribution < 1.29 is 19.4 Å². The fraction of sp³-hybridized carbons (Fsp3) is 0.286. The van der Waals surface area contributed by atoms with Gasteiger partial charge in [0.15, 0.2) is 6.67 Å². The van der Waals surface area contributed by atoms with Crippen molar-refractivity contribution in [2.75, 3.05) is 13.3 Å². The maximum absolute atomic E-state index is 12.3. The zero-order chi connectivity index (χ0) is 20.2. The molecule has 0 aromatic heterocycles. The predicted octanol–water partition coefficient (Wildman–Crippen LogP) is 3.58. The van der Waals surface area contributed by atoms with Crippen molar-refractivity contribution in [1.29, 1.82) is 0 Å². The van der Waals surface area contributed by atoms with Crippen LogP contribution in [-0.4, -0.2) is 42.3 Å². The molecule has 0 saturated carbocycles. The molecule has 2 aromatic rings. The summed E-state index contributed by atoms with van der Waals surface area (Å²) in [4.78, 5) is 27.8. The molecule has 4 rings (SSSR count). The first-order valence-corrected chi connectivity index (χ1v) is 9.38. The number of fused-ring (bicyclic) bond motifs is 3. The van der Waals surface area contributed by atoms with Crippen LogP contribution in [0.4, 0.5) is 4.79 Å². The molecule has 1 atom stereocenters. The van der Waals surface area contributed by atoms with Crippen molar-refractivity contribution in [2.45, 2.75) is 24.8 Å². The number of aliphatic carboxylic acids is 1. The Morgan fingerprint density at radius 2 is 1.76 bits per heavy atom. The third-order valence-corrected chi connectivity index (χ3v) is 5.09. The molecule has 1 heterocycles. The number of hydrogen-bond acceptors (Lipinski definition) is 6. The van der Waals surface area contributed by atoms with Crippen LogP contribution in [0.25, 0.3) is 11.1 Å². The highest BCUT2D eigenvalue weighted by Gasteiger charge is 2.29. The zero-order valence-corrected chi connectivity index (χ0v) is 15.6. The van der Waals surface area contributed by atoms with Crippen LogP contribution in [-0.2, 0) is 9.53 Å². The van der Waals surface area contributed by atoms with Gasteiger partial charge in [0.05, 0.1) is 0 Å². The van der Waals surface area contributed by atoms with Crippen LogP contribution in [0.2, 0.25) is 0 Å². The Morgan fingerprint density at radius 3 is 2.34 bits per heavy atom. The average Bonchev–Trinajstić information content (AvgIpc) is 3.35. The van der Waals surface area contributed by atoms with Crippen LogP contribution in [0, 0.1) is 0 Å². The summed E-state index contributed by atoms with van der Waals surface area (Å²) in [6, 6.07) is 15.0. The van der Waals surface area contributed by atoms with Gasteiger partial charge in [0.2, 0.25) is 0 Å². The first-order valence-electron chi connectivity index (χ1n) is 9.38. The molecule has 2 aromatic carbocycles. The molecule has 0 fully saturated rings. The maximum atomic E-state index is 12.3. The monoisotopic (exact) mass is 392 g/mol. The molecule has 0 unspecified atom stereocenters. The van der Waals surface area contributed by atoms with Gasteiger partial charge in [0.1, 0.15) is 18.5 Å². The van der Waals surface area contributed by atoms with E-state index in [0.717, 1.165) is 22.3 Å². The molecule has 0 spiro atoms. The minimum Gasteiger partial charge on any atom is -0.480 e. The molecule has 148 valence electrons. The Morgan fingerprint density at radius 1 is 1.10 bits per heavy atom. The first-order chi connectivity index (χ1) is 14.1. The van der Waals surface area contributed by atoms with E-state index in [9.17, 15) is 14.7 Å². The first kappa shape index (κ1) is 18.8. The van der Waals surface area contributed by atoms with Crippen LogP contribution in [0.5, 0.6) is 0 Å². The van der Waals surface area contributed by atoms with E-state index in [1.54, 1.807) is 0 Å². The number of carbonyl (C=O) groups is 2. The van der Waals surface area contributed by atoms with Crippen molar-refractivity contribution in [3.63, 3.8) is 0 Å². The number of carbonyl (C=O) groups excluding carboxylic acids is 1. The van der Waals surface area contributed by atoms with E-state index in [1.165, 1.54) is 0 Å². The third kappa shape index (κ3) is 4.01. The zero-order valence-electron chi connectivity index (χ0n) is 15.6. The van der Waals surface area contributed by atoms with Crippen LogP contribution in [0.3, 0.4) is 0 Å². The molecule has 8 nitrogen and oxygen atoms in total. The van der Waals surface area contributed by atoms with Gasteiger partial charge in [-0.1, -0.05) is 48.5 Å². The van der Waals surface area contributed by atoms with E-state index in [1.807, 2.05) is 36.4 Å². The third-order valence-electron chi connectivity index (χ3n) is 5.09. The number of amidine groups is 1. The molecule has 0 radical (unpaired) electrons. The molecule has 1 amide bonds. The maximum Gasteiger partial charge on any atom is 0.407 e. The molecular formula is C21H20N4O4. The van der Waals surface area contributed by atoms with E-state index in [2.05, 4.69) is 32.7 Å². The Kier molecular flexibility index (Phi) is 5.33. The number of benzene rings is 2. The fourth-order valence-corrected chi connectivity index (χ4v) is 3.70. The predicted molar refractivity (Wildman–Crippen MR) is 106 cm³/mol. The second kappa shape index (κ2) is 8.22. The Balaban J connectivity index is 1.39. The Hall–Kier alpha value is -3.55. The van der Waals surface area contributed by atoms with Gasteiger partial charge in [-0.15, -0.1) is 5.11 Å². The summed E-state index contributed by atoms with van der Waals surface area (Å²) < 4.78 is 5.41. The van der Waals surface area contributed by atoms with Gasteiger partial charge >= 0.3 is 12.1 Å². The lowest BCUT2D eigenvalue weighted by Gasteiger charge is -2.17. The number of carboxylic acid groups (broad SMARTS) is 1. The Bertz CT molecular complexity index is 956.